The number of hydrogen-bond donors (Lipinski definition) is 1. The molecule has 2 aromatic carbocycles. The molecule has 0 unspecified atom stereocenters. The molecule has 0 radical (unpaired) electrons. The van der Waals surface area contributed by atoms with Crippen LogP contribution in [0.25, 0.3) is 21.8 Å². The second-order valence-corrected chi connectivity index (χ2v) is 5.25. The fourth-order valence-electron chi connectivity index (χ4n) is 1.87. The van der Waals surface area contributed by atoms with Gasteiger partial charge in [-0.1, -0.05) is 34.1 Å². The maximum absolute atomic E-state index is 3.55. The van der Waals surface area contributed by atoms with Crippen molar-refractivity contribution in [2.45, 2.75) is 0 Å². The van der Waals surface area contributed by atoms with Gasteiger partial charge in [0.05, 0.1) is 5.52 Å². The Morgan fingerprint density at radius 1 is 0.933 bits per heavy atom. The molecule has 0 amide bonds. The molecule has 1 heterocycles. The fourth-order valence-corrected chi connectivity index (χ4v) is 2.69. The summed E-state index contributed by atoms with van der Waals surface area (Å²) in [5.74, 6) is 0. The molecule has 0 aliphatic heterocycles. The number of rotatable bonds is 0. The van der Waals surface area contributed by atoms with E-state index in [1.165, 1.54) is 10.8 Å². The van der Waals surface area contributed by atoms with Crippen LogP contribution in [0, 0.1) is 0 Å². The Morgan fingerprint density at radius 3 is 2.67 bits per heavy atom. The van der Waals surface area contributed by atoms with Crippen molar-refractivity contribution in [3.63, 3.8) is 0 Å². The lowest BCUT2D eigenvalue weighted by molar-refractivity contribution is 1.52. The van der Waals surface area contributed by atoms with E-state index in [9.17, 15) is 0 Å². The predicted octanol–water partition coefficient (Wildman–Crippen LogP) is 4.85. The maximum atomic E-state index is 3.55. The van der Waals surface area contributed by atoms with Gasteiger partial charge in [-0.05, 0) is 34.1 Å². The number of nitrogens with one attached hydrogen (secondary N) is 1. The quantitative estimate of drug-likeness (QED) is 0.608. The third kappa shape index (κ3) is 1.42. The molecule has 74 valence electrons. The van der Waals surface area contributed by atoms with E-state index in [1.807, 2.05) is 6.07 Å². The van der Waals surface area contributed by atoms with Gasteiger partial charge in [-0.3, -0.25) is 0 Å². The first-order chi connectivity index (χ1) is 7.25. The van der Waals surface area contributed by atoms with Crippen molar-refractivity contribution < 1.29 is 0 Å². The highest BCUT2D eigenvalue weighted by molar-refractivity contribution is 9.11. The van der Waals surface area contributed by atoms with Crippen LogP contribution in [0.5, 0.6) is 0 Å². The van der Waals surface area contributed by atoms with Gasteiger partial charge in [-0.25, -0.2) is 0 Å². The highest BCUT2D eigenvalue weighted by Gasteiger charge is 2.05. The minimum atomic E-state index is 1.10. The molecule has 0 saturated heterocycles. The molecule has 1 N–H and O–H groups in total. The molecule has 0 atom stereocenters. The van der Waals surface area contributed by atoms with Gasteiger partial charge in [0.25, 0.3) is 0 Å². The van der Waals surface area contributed by atoms with E-state index in [1.54, 1.807) is 0 Å². The molecular weight excluding hydrogens is 318 g/mol. The molecule has 0 aliphatic rings. The minimum Gasteiger partial charge on any atom is -0.354 e. The van der Waals surface area contributed by atoms with E-state index in [2.05, 4.69) is 67.2 Å². The third-order valence-electron chi connectivity index (χ3n) is 2.55. The molecule has 3 heteroatoms. The Kier molecular flexibility index (Phi) is 2.11. The Hall–Kier alpha value is -0.800. The van der Waals surface area contributed by atoms with Crippen molar-refractivity contribution >= 4 is 53.7 Å². The SMILES string of the molecule is Brc1ccc2c(c1)[nH]c1c(Br)cccc12. The van der Waals surface area contributed by atoms with Crippen LogP contribution in [0.1, 0.15) is 0 Å². The van der Waals surface area contributed by atoms with E-state index in [0.717, 1.165) is 20.0 Å². The van der Waals surface area contributed by atoms with E-state index in [-0.39, 0.29) is 0 Å². The van der Waals surface area contributed by atoms with Crippen LogP contribution in [0.2, 0.25) is 0 Å². The van der Waals surface area contributed by atoms with E-state index >= 15 is 0 Å². The lowest BCUT2D eigenvalue weighted by Crippen LogP contribution is -1.68. The van der Waals surface area contributed by atoms with Crippen LogP contribution in [-0.4, -0.2) is 4.98 Å². The average Bonchev–Trinajstić information content (AvgIpc) is 2.57. The lowest BCUT2D eigenvalue weighted by atomic mass is 10.2. The summed E-state index contributed by atoms with van der Waals surface area (Å²) in [5, 5.41) is 2.52. The summed E-state index contributed by atoms with van der Waals surface area (Å²) >= 11 is 7.03. The Balaban J connectivity index is 2.57. The molecule has 1 nitrogen and oxygen atoms in total. The summed E-state index contributed by atoms with van der Waals surface area (Å²) in [5.41, 5.74) is 2.32. The van der Waals surface area contributed by atoms with Crippen LogP contribution in [0.4, 0.5) is 0 Å². The summed E-state index contributed by atoms with van der Waals surface area (Å²) < 4.78 is 2.20. The van der Waals surface area contributed by atoms with Crippen molar-refractivity contribution in [3.8, 4) is 0 Å². The van der Waals surface area contributed by atoms with E-state index in [4.69, 9.17) is 0 Å². The average molecular weight is 325 g/mol. The number of hydrogen-bond acceptors (Lipinski definition) is 0. The van der Waals surface area contributed by atoms with Crippen molar-refractivity contribution in [2.24, 2.45) is 0 Å². The summed E-state index contributed by atoms with van der Waals surface area (Å²) in [4.78, 5) is 3.41. The standard InChI is InChI=1S/C12H7Br2N/c13-7-4-5-8-9-2-1-3-10(14)12(9)15-11(8)6-7/h1-6,15H. The first kappa shape index (κ1) is 9.43. The Labute approximate surface area is 104 Å². The second kappa shape index (κ2) is 3.35. The van der Waals surface area contributed by atoms with Gasteiger partial charge in [-0.15, -0.1) is 0 Å². The van der Waals surface area contributed by atoms with Gasteiger partial charge in [0.1, 0.15) is 0 Å². The minimum absolute atomic E-state index is 1.10. The van der Waals surface area contributed by atoms with Crippen molar-refractivity contribution in [3.05, 3.63) is 45.3 Å². The first-order valence-corrected chi connectivity index (χ1v) is 6.20. The largest absolute Gasteiger partial charge is 0.354 e. The van der Waals surface area contributed by atoms with Gasteiger partial charge < -0.3 is 4.98 Å². The second-order valence-electron chi connectivity index (χ2n) is 3.48. The fraction of sp³-hybridized carbons (Fsp3) is 0. The molecule has 0 aliphatic carbocycles. The zero-order chi connectivity index (χ0) is 10.4. The normalized spacial score (nSPS) is 11.3. The number of benzene rings is 2. The van der Waals surface area contributed by atoms with Crippen LogP contribution in [-0.2, 0) is 0 Å². The molecule has 15 heavy (non-hydrogen) atoms. The van der Waals surface area contributed by atoms with Crippen LogP contribution < -0.4 is 0 Å². The van der Waals surface area contributed by atoms with Gasteiger partial charge in [0.2, 0.25) is 0 Å². The lowest BCUT2D eigenvalue weighted by Gasteiger charge is -1.92. The number of aromatic amines is 1. The van der Waals surface area contributed by atoms with Crippen LogP contribution in [0.15, 0.2) is 45.3 Å². The summed E-state index contributed by atoms with van der Waals surface area (Å²) in [6.45, 7) is 0. The molecule has 3 aromatic rings. The molecule has 0 bridgehead atoms. The number of halogens is 2. The monoisotopic (exact) mass is 323 g/mol. The van der Waals surface area contributed by atoms with Crippen LogP contribution >= 0.6 is 31.9 Å². The van der Waals surface area contributed by atoms with Gasteiger partial charge >= 0.3 is 0 Å². The van der Waals surface area contributed by atoms with Gasteiger partial charge in [0, 0.05) is 25.2 Å². The highest BCUT2D eigenvalue weighted by Crippen LogP contribution is 2.31. The van der Waals surface area contributed by atoms with Gasteiger partial charge in [0.15, 0.2) is 0 Å². The molecule has 0 saturated carbocycles. The van der Waals surface area contributed by atoms with Crippen molar-refractivity contribution in [2.75, 3.05) is 0 Å². The van der Waals surface area contributed by atoms with Gasteiger partial charge in [-0.2, -0.15) is 0 Å². The zero-order valence-electron chi connectivity index (χ0n) is 7.72. The number of H-pyrrole nitrogens is 1. The number of fused-ring (bicyclic) bond motifs is 3. The summed E-state index contributed by atoms with van der Waals surface area (Å²) in [7, 11) is 0. The van der Waals surface area contributed by atoms with Crippen molar-refractivity contribution in [1.82, 2.24) is 4.98 Å². The van der Waals surface area contributed by atoms with Crippen LogP contribution in [0.3, 0.4) is 0 Å². The zero-order valence-corrected chi connectivity index (χ0v) is 10.9. The Morgan fingerprint density at radius 2 is 1.80 bits per heavy atom. The van der Waals surface area contributed by atoms with E-state index in [0.29, 0.717) is 0 Å². The molecule has 1 aromatic heterocycles. The third-order valence-corrected chi connectivity index (χ3v) is 3.70. The topological polar surface area (TPSA) is 15.8 Å². The number of para-hydroxylation sites is 1. The first-order valence-electron chi connectivity index (χ1n) is 4.61. The molecular formula is C12H7Br2N. The van der Waals surface area contributed by atoms with Crippen molar-refractivity contribution in [1.29, 1.82) is 0 Å². The summed E-state index contributed by atoms with van der Waals surface area (Å²) in [6, 6.07) is 12.5. The summed E-state index contributed by atoms with van der Waals surface area (Å²) in [6.07, 6.45) is 0. The van der Waals surface area contributed by atoms with E-state index < -0.39 is 0 Å². The molecule has 0 fully saturated rings. The Bertz CT molecular complexity index is 655. The molecule has 3 rings (SSSR count). The highest BCUT2D eigenvalue weighted by atomic mass is 79.9. The predicted molar refractivity (Wildman–Crippen MR) is 71.2 cm³/mol. The smallest absolute Gasteiger partial charge is 0.0609 e. The molecule has 0 spiro atoms. The number of aromatic nitrogens is 1. The maximum Gasteiger partial charge on any atom is 0.0609 e.